The molecular weight excluding hydrogens is 276 g/mol. The Kier molecular flexibility index (Phi) is 4.14. The van der Waals surface area contributed by atoms with E-state index in [2.05, 4.69) is 56.4 Å². The first-order valence-corrected chi connectivity index (χ1v) is 8.62. The van der Waals surface area contributed by atoms with Gasteiger partial charge in [-0.1, -0.05) is 30.3 Å². The molecule has 112 valence electrons. The van der Waals surface area contributed by atoms with Crippen molar-refractivity contribution >= 4 is 11.3 Å². The molecule has 21 heavy (non-hydrogen) atoms. The van der Waals surface area contributed by atoms with Crippen molar-refractivity contribution in [1.82, 2.24) is 10.3 Å². The highest BCUT2D eigenvalue weighted by Gasteiger charge is 2.24. The lowest BCUT2D eigenvalue weighted by Crippen LogP contribution is -2.35. The Hall–Kier alpha value is -1.19. The number of nitrogens with zero attached hydrogens (tertiary/aromatic N) is 1. The quantitative estimate of drug-likeness (QED) is 0.869. The molecule has 0 aliphatic heterocycles. The van der Waals surface area contributed by atoms with Gasteiger partial charge in [0, 0.05) is 18.5 Å². The predicted molar refractivity (Wildman–Crippen MR) is 90.6 cm³/mol. The van der Waals surface area contributed by atoms with E-state index < -0.39 is 0 Å². The van der Waals surface area contributed by atoms with Crippen molar-refractivity contribution in [2.45, 2.75) is 52.1 Å². The Labute approximate surface area is 131 Å². The van der Waals surface area contributed by atoms with Crippen LogP contribution in [0.5, 0.6) is 0 Å². The topological polar surface area (TPSA) is 24.9 Å². The summed E-state index contributed by atoms with van der Waals surface area (Å²) in [5.41, 5.74) is 2.62. The van der Waals surface area contributed by atoms with Crippen LogP contribution in [0.2, 0.25) is 0 Å². The van der Waals surface area contributed by atoms with Crippen LogP contribution in [0.4, 0.5) is 0 Å². The fourth-order valence-electron chi connectivity index (χ4n) is 2.34. The van der Waals surface area contributed by atoms with Crippen LogP contribution in [0, 0.1) is 5.92 Å². The van der Waals surface area contributed by atoms with Gasteiger partial charge in [-0.2, -0.15) is 0 Å². The van der Waals surface area contributed by atoms with Crippen LogP contribution in [0.1, 0.15) is 44.3 Å². The van der Waals surface area contributed by atoms with Crippen LogP contribution >= 0.6 is 11.3 Å². The van der Waals surface area contributed by atoms with E-state index in [-0.39, 0.29) is 5.54 Å². The Morgan fingerprint density at radius 2 is 1.90 bits per heavy atom. The van der Waals surface area contributed by atoms with Gasteiger partial charge in [0.25, 0.3) is 0 Å². The van der Waals surface area contributed by atoms with Crippen LogP contribution in [0.15, 0.2) is 30.3 Å². The lowest BCUT2D eigenvalue weighted by molar-refractivity contribution is 0.422. The highest BCUT2D eigenvalue weighted by atomic mass is 32.1. The SMILES string of the molecule is CC(C)(C)NCc1nc(CC2CC2)sc1-c1ccccc1. The molecule has 1 aliphatic rings. The van der Waals surface area contributed by atoms with Crippen molar-refractivity contribution in [1.29, 1.82) is 0 Å². The second-order valence-electron chi connectivity index (χ2n) is 7.00. The maximum Gasteiger partial charge on any atom is 0.0938 e. The van der Waals surface area contributed by atoms with Gasteiger partial charge in [0.2, 0.25) is 0 Å². The Bertz CT molecular complexity index is 591. The molecule has 3 rings (SSSR count). The Morgan fingerprint density at radius 3 is 2.52 bits per heavy atom. The van der Waals surface area contributed by atoms with Crippen molar-refractivity contribution < 1.29 is 0 Å². The Morgan fingerprint density at radius 1 is 1.19 bits per heavy atom. The van der Waals surface area contributed by atoms with Crippen molar-refractivity contribution in [3.63, 3.8) is 0 Å². The van der Waals surface area contributed by atoms with E-state index in [4.69, 9.17) is 4.98 Å². The molecule has 1 fully saturated rings. The van der Waals surface area contributed by atoms with Gasteiger partial charge in [0.1, 0.15) is 0 Å². The minimum atomic E-state index is 0.119. The minimum absolute atomic E-state index is 0.119. The second-order valence-corrected chi connectivity index (χ2v) is 8.08. The smallest absolute Gasteiger partial charge is 0.0938 e. The molecule has 1 N–H and O–H groups in total. The summed E-state index contributed by atoms with van der Waals surface area (Å²) >= 11 is 1.88. The van der Waals surface area contributed by atoms with E-state index >= 15 is 0 Å². The zero-order valence-corrected chi connectivity index (χ0v) is 14.0. The molecule has 0 radical (unpaired) electrons. The third-order valence-electron chi connectivity index (χ3n) is 3.72. The van der Waals surface area contributed by atoms with Crippen molar-refractivity contribution in [2.75, 3.05) is 0 Å². The van der Waals surface area contributed by atoms with E-state index in [9.17, 15) is 0 Å². The van der Waals surface area contributed by atoms with E-state index in [0.717, 1.165) is 12.5 Å². The highest BCUT2D eigenvalue weighted by molar-refractivity contribution is 7.15. The summed E-state index contributed by atoms with van der Waals surface area (Å²) in [7, 11) is 0. The molecule has 1 aromatic heterocycles. The second kappa shape index (κ2) is 5.90. The van der Waals surface area contributed by atoms with Gasteiger partial charge in [-0.25, -0.2) is 4.98 Å². The average Bonchev–Trinajstić information content (AvgIpc) is 3.15. The zero-order valence-electron chi connectivity index (χ0n) is 13.1. The molecule has 0 spiro atoms. The molecular formula is C18H24N2S. The lowest BCUT2D eigenvalue weighted by atomic mass is 10.1. The van der Waals surface area contributed by atoms with Crippen molar-refractivity contribution in [3.8, 4) is 10.4 Å². The molecule has 0 bridgehead atoms. The molecule has 1 aliphatic carbocycles. The summed E-state index contributed by atoms with van der Waals surface area (Å²) < 4.78 is 0. The fraction of sp³-hybridized carbons (Fsp3) is 0.500. The van der Waals surface area contributed by atoms with Crippen LogP contribution in [-0.4, -0.2) is 10.5 Å². The standard InChI is InChI=1S/C18H24N2S/c1-18(2,3)19-12-15-17(14-7-5-4-6-8-14)21-16(20-15)11-13-9-10-13/h4-8,13,19H,9-12H2,1-3H3. The average molecular weight is 300 g/mol. The van der Waals surface area contributed by atoms with Crippen LogP contribution < -0.4 is 5.32 Å². The van der Waals surface area contributed by atoms with Crippen molar-refractivity contribution in [3.05, 3.63) is 41.0 Å². The number of rotatable bonds is 5. The number of benzene rings is 1. The van der Waals surface area contributed by atoms with Crippen molar-refractivity contribution in [2.24, 2.45) is 5.92 Å². The molecule has 2 nitrogen and oxygen atoms in total. The van der Waals surface area contributed by atoms with E-state index in [1.165, 1.54) is 40.4 Å². The summed E-state index contributed by atoms with van der Waals surface area (Å²) in [5, 5.41) is 4.88. The summed E-state index contributed by atoms with van der Waals surface area (Å²) in [6.45, 7) is 7.45. The first-order valence-electron chi connectivity index (χ1n) is 7.80. The third-order valence-corrected chi connectivity index (χ3v) is 4.89. The van der Waals surface area contributed by atoms with E-state index in [1.54, 1.807) is 0 Å². The molecule has 0 amide bonds. The summed E-state index contributed by atoms with van der Waals surface area (Å²) in [5.74, 6) is 0.892. The lowest BCUT2D eigenvalue weighted by Gasteiger charge is -2.20. The zero-order chi connectivity index (χ0) is 14.9. The van der Waals surface area contributed by atoms with Gasteiger partial charge in [-0.05, 0) is 45.1 Å². The number of hydrogen-bond donors (Lipinski definition) is 1. The van der Waals surface area contributed by atoms with Gasteiger partial charge >= 0.3 is 0 Å². The van der Waals surface area contributed by atoms with Crippen LogP contribution in [0.3, 0.4) is 0 Å². The number of nitrogens with one attached hydrogen (secondary N) is 1. The monoisotopic (exact) mass is 300 g/mol. The minimum Gasteiger partial charge on any atom is -0.306 e. The van der Waals surface area contributed by atoms with Gasteiger partial charge in [-0.15, -0.1) is 11.3 Å². The number of hydrogen-bond acceptors (Lipinski definition) is 3. The van der Waals surface area contributed by atoms with Gasteiger partial charge in [0.15, 0.2) is 0 Å². The van der Waals surface area contributed by atoms with Crippen LogP contribution in [0.25, 0.3) is 10.4 Å². The Balaban J connectivity index is 1.86. The van der Waals surface area contributed by atoms with Gasteiger partial charge < -0.3 is 5.32 Å². The first kappa shape index (κ1) is 14.7. The van der Waals surface area contributed by atoms with Gasteiger partial charge in [-0.3, -0.25) is 0 Å². The van der Waals surface area contributed by atoms with E-state index in [0.29, 0.717) is 0 Å². The summed E-state index contributed by atoms with van der Waals surface area (Å²) in [4.78, 5) is 6.26. The summed E-state index contributed by atoms with van der Waals surface area (Å²) in [6, 6.07) is 10.7. The third kappa shape index (κ3) is 4.14. The molecule has 0 saturated heterocycles. The molecule has 1 aromatic carbocycles. The molecule has 0 atom stereocenters. The maximum atomic E-state index is 4.93. The van der Waals surface area contributed by atoms with Crippen LogP contribution in [-0.2, 0) is 13.0 Å². The molecule has 1 saturated carbocycles. The van der Waals surface area contributed by atoms with Gasteiger partial charge in [0.05, 0.1) is 15.6 Å². The molecule has 0 unspecified atom stereocenters. The fourth-order valence-corrected chi connectivity index (χ4v) is 3.54. The largest absolute Gasteiger partial charge is 0.306 e. The first-order chi connectivity index (χ1) is 10.0. The maximum absolute atomic E-state index is 4.93. The highest BCUT2D eigenvalue weighted by Crippen LogP contribution is 2.37. The number of thiazole rings is 1. The summed E-state index contributed by atoms with van der Waals surface area (Å²) in [6.07, 6.45) is 3.94. The van der Waals surface area contributed by atoms with E-state index in [1.807, 2.05) is 11.3 Å². The normalized spacial score (nSPS) is 15.4. The molecule has 2 aromatic rings. The predicted octanol–water partition coefficient (Wildman–Crippen LogP) is 4.65. The molecule has 3 heteroatoms. The molecule has 1 heterocycles. The number of aromatic nitrogens is 1.